The number of amides is 1. The second kappa shape index (κ2) is 4.84. The number of hydrogen-bond acceptors (Lipinski definition) is 3. The molecular formula is C13H19N3O. The van der Waals surface area contributed by atoms with Crippen LogP contribution in [0.25, 0.3) is 0 Å². The molecule has 1 aliphatic heterocycles. The molecule has 1 fully saturated rings. The Morgan fingerprint density at radius 3 is 2.82 bits per heavy atom. The molecule has 0 saturated carbocycles. The predicted octanol–water partition coefficient (Wildman–Crippen LogP) is 1.13. The minimum absolute atomic E-state index is 0.104. The summed E-state index contributed by atoms with van der Waals surface area (Å²) in [5.74, 6) is 0.104. The second-order valence-electron chi connectivity index (χ2n) is 4.61. The average Bonchev–Trinajstić information content (AvgIpc) is 2.76. The lowest BCUT2D eigenvalue weighted by molar-refractivity contribution is 0.0788. The first-order valence-corrected chi connectivity index (χ1v) is 6.02. The van der Waals surface area contributed by atoms with E-state index in [1.165, 1.54) is 0 Å². The summed E-state index contributed by atoms with van der Waals surface area (Å²) >= 11 is 0. The Labute approximate surface area is 102 Å². The number of pyridine rings is 1. The minimum atomic E-state index is 0.104. The van der Waals surface area contributed by atoms with Crippen molar-refractivity contribution in [2.45, 2.75) is 26.3 Å². The third-order valence-corrected chi connectivity index (χ3v) is 3.34. The smallest absolute Gasteiger partial charge is 0.255 e. The molecule has 1 unspecified atom stereocenters. The van der Waals surface area contributed by atoms with Gasteiger partial charge in [-0.2, -0.15) is 0 Å². The molecule has 0 radical (unpaired) electrons. The number of likely N-dealkylation sites (N-methyl/N-ethyl adjacent to an activating group) is 1. The fourth-order valence-corrected chi connectivity index (χ4v) is 2.26. The molecule has 92 valence electrons. The Balaban J connectivity index is 2.15. The zero-order chi connectivity index (χ0) is 12.4. The maximum atomic E-state index is 12.3. The van der Waals surface area contributed by atoms with Gasteiger partial charge in [-0.1, -0.05) is 0 Å². The lowest BCUT2D eigenvalue weighted by Crippen LogP contribution is -2.33. The van der Waals surface area contributed by atoms with E-state index >= 15 is 0 Å². The minimum Gasteiger partial charge on any atom is -0.337 e. The summed E-state index contributed by atoms with van der Waals surface area (Å²) in [4.78, 5) is 18.5. The van der Waals surface area contributed by atoms with E-state index in [0.29, 0.717) is 6.04 Å². The first-order valence-electron chi connectivity index (χ1n) is 6.02. The highest BCUT2D eigenvalue weighted by Crippen LogP contribution is 2.15. The van der Waals surface area contributed by atoms with Crippen LogP contribution < -0.4 is 5.32 Å². The van der Waals surface area contributed by atoms with Crippen LogP contribution in [0.5, 0.6) is 0 Å². The van der Waals surface area contributed by atoms with Crippen molar-refractivity contribution in [3.8, 4) is 0 Å². The highest BCUT2D eigenvalue weighted by atomic mass is 16.2. The normalized spacial score (nSPS) is 19.7. The molecule has 4 heteroatoms. The van der Waals surface area contributed by atoms with Gasteiger partial charge in [0.25, 0.3) is 5.91 Å². The molecule has 0 aromatic carbocycles. The van der Waals surface area contributed by atoms with Crippen LogP contribution in [0.1, 0.15) is 28.2 Å². The van der Waals surface area contributed by atoms with E-state index < -0.39 is 0 Å². The van der Waals surface area contributed by atoms with Crippen molar-refractivity contribution >= 4 is 5.91 Å². The van der Waals surface area contributed by atoms with Crippen LogP contribution in [0.2, 0.25) is 0 Å². The number of aryl methyl sites for hydroxylation is 2. The van der Waals surface area contributed by atoms with Gasteiger partial charge < -0.3 is 10.2 Å². The van der Waals surface area contributed by atoms with Crippen molar-refractivity contribution in [3.63, 3.8) is 0 Å². The maximum absolute atomic E-state index is 12.3. The zero-order valence-electron chi connectivity index (χ0n) is 10.7. The molecule has 2 rings (SSSR count). The Kier molecular flexibility index (Phi) is 3.43. The molecule has 1 amide bonds. The number of nitrogens with one attached hydrogen (secondary N) is 1. The monoisotopic (exact) mass is 233 g/mol. The predicted molar refractivity (Wildman–Crippen MR) is 67.1 cm³/mol. The molecule has 0 bridgehead atoms. The third kappa shape index (κ3) is 2.47. The standard InChI is InChI=1S/C13H19N3O/c1-9-4-5-12(10(2)15-9)13(17)16-7-6-11(8-16)14-3/h4-5,11,14H,6-8H2,1-3H3. The number of rotatable bonds is 2. The molecule has 1 aromatic heterocycles. The second-order valence-corrected chi connectivity index (χ2v) is 4.61. The van der Waals surface area contributed by atoms with Gasteiger partial charge in [0, 0.05) is 24.8 Å². The van der Waals surface area contributed by atoms with Gasteiger partial charge in [-0.3, -0.25) is 9.78 Å². The number of nitrogens with zero attached hydrogens (tertiary/aromatic N) is 2. The van der Waals surface area contributed by atoms with Crippen molar-refractivity contribution in [1.82, 2.24) is 15.2 Å². The van der Waals surface area contributed by atoms with E-state index in [2.05, 4.69) is 10.3 Å². The van der Waals surface area contributed by atoms with E-state index in [1.54, 1.807) is 0 Å². The number of carbonyl (C=O) groups excluding carboxylic acids is 1. The van der Waals surface area contributed by atoms with E-state index in [9.17, 15) is 4.79 Å². The highest BCUT2D eigenvalue weighted by molar-refractivity contribution is 5.95. The van der Waals surface area contributed by atoms with Crippen LogP contribution in [-0.4, -0.2) is 42.0 Å². The van der Waals surface area contributed by atoms with Gasteiger partial charge in [-0.25, -0.2) is 0 Å². The number of aromatic nitrogens is 1. The van der Waals surface area contributed by atoms with Crippen LogP contribution in [0.3, 0.4) is 0 Å². The molecule has 1 N–H and O–H groups in total. The van der Waals surface area contributed by atoms with Gasteiger partial charge in [-0.15, -0.1) is 0 Å². The average molecular weight is 233 g/mol. The van der Waals surface area contributed by atoms with Gasteiger partial charge in [0.15, 0.2) is 0 Å². The highest BCUT2D eigenvalue weighted by Gasteiger charge is 2.26. The topological polar surface area (TPSA) is 45.2 Å². The molecule has 1 atom stereocenters. The van der Waals surface area contributed by atoms with Crippen LogP contribution in [0, 0.1) is 13.8 Å². The fraction of sp³-hybridized carbons (Fsp3) is 0.538. The van der Waals surface area contributed by atoms with Crippen molar-refractivity contribution in [2.75, 3.05) is 20.1 Å². The summed E-state index contributed by atoms with van der Waals surface area (Å²) in [7, 11) is 1.94. The lowest BCUT2D eigenvalue weighted by Gasteiger charge is -2.17. The Morgan fingerprint density at radius 2 is 2.24 bits per heavy atom. The van der Waals surface area contributed by atoms with Crippen LogP contribution >= 0.6 is 0 Å². The number of carbonyl (C=O) groups is 1. The summed E-state index contributed by atoms with van der Waals surface area (Å²) in [6, 6.07) is 4.20. The molecule has 0 aliphatic carbocycles. The summed E-state index contributed by atoms with van der Waals surface area (Å²) in [6.45, 7) is 5.46. The SMILES string of the molecule is CNC1CCN(C(=O)c2ccc(C)nc2C)C1. The molecular weight excluding hydrogens is 214 g/mol. The third-order valence-electron chi connectivity index (χ3n) is 3.34. The Hall–Kier alpha value is -1.42. The van der Waals surface area contributed by atoms with E-state index in [0.717, 1.165) is 36.5 Å². The largest absolute Gasteiger partial charge is 0.337 e. The number of hydrogen-bond donors (Lipinski definition) is 1. The van der Waals surface area contributed by atoms with E-state index in [-0.39, 0.29) is 5.91 Å². The van der Waals surface area contributed by atoms with Crippen molar-refractivity contribution in [1.29, 1.82) is 0 Å². The first-order chi connectivity index (χ1) is 8.11. The molecule has 17 heavy (non-hydrogen) atoms. The Bertz CT molecular complexity index is 431. The molecule has 1 aromatic rings. The number of likely N-dealkylation sites (tertiary alicyclic amines) is 1. The molecule has 1 aliphatic rings. The van der Waals surface area contributed by atoms with Crippen LogP contribution in [-0.2, 0) is 0 Å². The van der Waals surface area contributed by atoms with Gasteiger partial charge in [0.2, 0.25) is 0 Å². The summed E-state index contributed by atoms with van der Waals surface area (Å²) in [5.41, 5.74) is 2.50. The Morgan fingerprint density at radius 1 is 1.47 bits per heavy atom. The quantitative estimate of drug-likeness (QED) is 0.833. The zero-order valence-corrected chi connectivity index (χ0v) is 10.7. The first kappa shape index (κ1) is 12.0. The van der Waals surface area contributed by atoms with Crippen LogP contribution in [0.4, 0.5) is 0 Å². The maximum Gasteiger partial charge on any atom is 0.255 e. The molecule has 1 saturated heterocycles. The summed E-state index contributed by atoms with van der Waals surface area (Å²) < 4.78 is 0. The van der Waals surface area contributed by atoms with Crippen molar-refractivity contribution < 1.29 is 4.79 Å². The fourth-order valence-electron chi connectivity index (χ4n) is 2.26. The summed E-state index contributed by atoms with van der Waals surface area (Å²) in [5, 5.41) is 3.21. The van der Waals surface area contributed by atoms with E-state index in [4.69, 9.17) is 0 Å². The summed E-state index contributed by atoms with van der Waals surface area (Å²) in [6.07, 6.45) is 1.03. The van der Waals surface area contributed by atoms with Crippen molar-refractivity contribution in [2.24, 2.45) is 0 Å². The molecule has 0 spiro atoms. The van der Waals surface area contributed by atoms with Gasteiger partial charge >= 0.3 is 0 Å². The molecule has 4 nitrogen and oxygen atoms in total. The molecule has 2 heterocycles. The lowest BCUT2D eigenvalue weighted by atomic mass is 10.1. The van der Waals surface area contributed by atoms with Gasteiger partial charge in [-0.05, 0) is 39.4 Å². The van der Waals surface area contributed by atoms with Gasteiger partial charge in [0.05, 0.1) is 11.3 Å². The van der Waals surface area contributed by atoms with Gasteiger partial charge in [0.1, 0.15) is 0 Å². The van der Waals surface area contributed by atoms with E-state index in [1.807, 2.05) is 37.9 Å². The van der Waals surface area contributed by atoms with Crippen LogP contribution in [0.15, 0.2) is 12.1 Å². The van der Waals surface area contributed by atoms with Crippen molar-refractivity contribution in [3.05, 3.63) is 29.1 Å².